The van der Waals surface area contributed by atoms with Crippen LogP contribution in [0.15, 0.2) is 42.5 Å². The van der Waals surface area contributed by atoms with E-state index in [1.54, 1.807) is 0 Å². The summed E-state index contributed by atoms with van der Waals surface area (Å²) >= 11 is 0. The largest absolute Gasteiger partial charge is 0.461 e. The quantitative estimate of drug-likeness (QED) is 0.0630. The molecule has 0 amide bonds. The topological polar surface area (TPSA) is 371 Å². The molecule has 5 rings (SSSR count). The SMILES string of the molecule is CC(=O)OC[C@@]1(OC(C)=O)CO[C@@H](O[C@H]2[C@H](OCCc3ccc(OC(C)=O)c(OC(C)=O)c3)O[C@H](COC(=O)/C=C/c3ccc(OC(C)=O)c(OC(C)=O)c3)[C@@H](OC(C)=O)[C@@H]2O[C@@H]2O[C@@H](C)[C@H](OC(C)=O)[C@@H](OC(C)=O)[C@H]2OC(C)=O)[C@H]1OC(C)=O. The Labute approximate surface area is 491 Å². The number of hydrogen-bond donors (Lipinski definition) is 0. The number of ether oxygens (including phenoxy) is 18. The van der Waals surface area contributed by atoms with Crippen molar-refractivity contribution in [3.05, 3.63) is 53.6 Å². The van der Waals surface area contributed by atoms with Crippen molar-refractivity contribution in [2.75, 3.05) is 26.4 Å². The molecule has 0 saturated carbocycles. The van der Waals surface area contributed by atoms with Crippen molar-refractivity contribution in [2.24, 2.45) is 0 Å². The van der Waals surface area contributed by atoms with Crippen LogP contribution >= 0.6 is 0 Å². The Morgan fingerprint density at radius 2 is 1.02 bits per heavy atom. The van der Waals surface area contributed by atoms with E-state index in [9.17, 15) is 57.5 Å². The molecular formula is C56H66O30. The molecule has 13 atom stereocenters. The minimum absolute atomic E-state index is 0.0844. The lowest BCUT2D eigenvalue weighted by Gasteiger charge is -2.49. The van der Waals surface area contributed by atoms with Gasteiger partial charge < -0.3 is 85.3 Å². The van der Waals surface area contributed by atoms with Crippen LogP contribution in [0.5, 0.6) is 23.0 Å². The van der Waals surface area contributed by atoms with Crippen LogP contribution in [-0.2, 0) is 130 Å². The van der Waals surface area contributed by atoms with Crippen LogP contribution < -0.4 is 18.9 Å². The van der Waals surface area contributed by atoms with Gasteiger partial charge >= 0.3 is 71.6 Å². The van der Waals surface area contributed by atoms with Crippen LogP contribution in [0.3, 0.4) is 0 Å². The van der Waals surface area contributed by atoms with Gasteiger partial charge in [-0.1, -0.05) is 12.1 Å². The van der Waals surface area contributed by atoms with Gasteiger partial charge in [-0.15, -0.1) is 0 Å². The number of benzene rings is 2. The van der Waals surface area contributed by atoms with Gasteiger partial charge in [-0.3, -0.25) is 52.7 Å². The molecule has 2 aromatic carbocycles. The summed E-state index contributed by atoms with van der Waals surface area (Å²) in [5, 5.41) is 0. The van der Waals surface area contributed by atoms with Crippen LogP contribution in [0.4, 0.5) is 0 Å². The highest BCUT2D eigenvalue weighted by Crippen LogP contribution is 2.40. The van der Waals surface area contributed by atoms with Crippen LogP contribution in [0.1, 0.15) is 94.2 Å². The molecule has 470 valence electrons. The maximum atomic E-state index is 13.7. The molecule has 3 fully saturated rings. The van der Waals surface area contributed by atoms with E-state index in [-0.39, 0.29) is 35.0 Å². The van der Waals surface area contributed by atoms with Crippen molar-refractivity contribution < 1.29 is 143 Å². The summed E-state index contributed by atoms with van der Waals surface area (Å²) in [6.45, 7) is 10.3. The van der Waals surface area contributed by atoms with Gasteiger partial charge in [0.1, 0.15) is 31.5 Å². The van der Waals surface area contributed by atoms with Crippen molar-refractivity contribution in [3.63, 3.8) is 0 Å². The van der Waals surface area contributed by atoms with Crippen LogP contribution in [0.25, 0.3) is 6.08 Å². The Bertz CT molecular complexity index is 2900. The molecule has 0 bridgehead atoms. The fraction of sp³-hybridized carbons (Fsp3) is 0.536. The molecule has 0 aromatic heterocycles. The van der Waals surface area contributed by atoms with Crippen molar-refractivity contribution in [1.29, 1.82) is 0 Å². The van der Waals surface area contributed by atoms with Crippen LogP contribution in [0.2, 0.25) is 0 Å². The van der Waals surface area contributed by atoms with E-state index in [0.717, 1.165) is 82.2 Å². The zero-order valence-electron chi connectivity index (χ0n) is 48.8. The van der Waals surface area contributed by atoms with Gasteiger partial charge in [0.25, 0.3) is 0 Å². The molecule has 3 saturated heterocycles. The Morgan fingerprint density at radius 3 is 1.58 bits per heavy atom. The molecule has 0 aliphatic carbocycles. The van der Waals surface area contributed by atoms with E-state index in [1.165, 1.54) is 49.4 Å². The van der Waals surface area contributed by atoms with Crippen molar-refractivity contribution >= 4 is 77.7 Å². The maximum absolute atomic E-state index is 13.7. The lowest BCUT2D eigenvalue weighted by atomic mass is 9.95. The monoisotopic (exact) mass is 1220 g/mol. The molecular weight excluding hydrogens is 1150 g/mol. The summed E-state index contributed by atoms with van der Waals surface area (Å²) in [4.78, 5) is 151. The van der Waals surface area contributed by atoms with Gasteiger partial charge in [-0.05, 0) is 54.8 Å². The highest BCUT2D eigenvalue weighted by molar-refractivity contribution is 5.87. The highest BCUT2D eigenvalue weighted by Gasteiger charge is 2.61. The van der Waals surface area contributed by atoms with E-state index >= 15 is 0 Å². The van der Waals surface area contributed by atoms with Crippen LogP contribution in [0, 0.1) is 0 Å². The van der Waals surface area contributed by atoms with E-state index < -0.39 is 177 Å². The molecule has 30 heteroatoms. The Hall–Kier alpha value is -8.42. The minimum Gasteiger partial charge on any atom is -0.461 e. The van der Waals surface area contributed by atoms with Gasteiger partial charge in [0.15, 0.2) is 72.4 Å². The molecule has 3 aliphatic heterocycles. The number of hydrogen-bond acceptors (Lipinski definition) is 30. The zero-order chi connectivity index (χ0) is 63.7. The number of rotatable bonds is 24. The second-order valence-corrected chi connectivity index (χ2v) is 19.3. The first-order valence-corrected chi connectivity index (χ1v) is 26.3. The molecule has 0 spiro atoms. The molecule has 3 aliphatic rings. The molecule has 86 heavy (non-hydrogen) atoms. The molecule has 3 heterocycles. The van der Waals surface area contributed by atoms with Gasteiger partial charge in [0, 0.05) is 82.2 Å². The fourth-order valence-electron chi connectivity index (χ4n) is 8.97. The predicted molar refractivity (Wildman–Crippen MR) is 279 cm³/mol. The third-order valence-corrected chi connectivity index (χ3v) is 12.0. The Balaban J connectivity index is 1.69. The summed E-state index contributed by atoms with van der Waals surface area (Å²) in [6, 6.07) is 8.21. The fourth-order valence-corrected chi connectivity index (χ4v) is 8.97. The van der Waals surface area contributed by atoms with E-state index in [2.05, 4.69) is 0 Å². The summed E-state index contributed by atoms with van der Waals surface area (Å²) in [7, 11) is 0. The maximum Gasteiger partial charge on any atom is 0.330 e. The van der Waals surface area contributed by atoms with Crippen molar-refractivity contribution in [2.45, 2.75) is 169 Å². The number of esters is 12. The Kier molecular flexibility index (Phi) is 24.7. The summed E-state index contributed by atoms with van der Waals surface area (Å²) < 4.78 is 104. The average Bonchev–Trinajstić information content (AvgIpc) is 1.39. The summed E-state index contributed by atoms with van der Waals surface area (Å²) in [5.74, 6) is -11.2. The van der Waals surface area contributed by atoms with Crippen LogP contribution in [-0.4, -0.2) is 177 Å². The van der Waals surface area contributed by atoms with Crippen molar-refractivity contribution in [1.82, 2.24) is 0 Å². The van der Waals surface area contributed by atoms with Gasteiger partial charge in [-0.25, -0.2) is 4.79 Å². The van der Waals surface area contributed by atoms with E-state index in [4.69, 9.17) is 85.3 Å². The van der Waals surface area contributed by atoms with E-state index in [1.807, 2.05) is 0 Å². The summed E-state index contributed by atoms with van der Waals surface area (Å²) in [6.07, 6.45) is -19.1. The molecule has 0 radical (unpaired) electrons. The van der Waals surface area contributed by atoms with Gasteiger partial charge in [0.05, 0.1) is 19.3 Å². The van der Waals surface area contributed by atoms with E-state index in [0.29, 0.717) is 5.56 Å². The third-order valence-electron chi connectivity index (χ3n) is 12.0. The minimum atomic E-state index is -2.12. The average molecular weight is 1220 g/mol. The first kappa shape index (κ1) is 68.4. The number of carbonyl (C=O) groups excluding carboxylic acids is 12. The first-order chi connectivity index (χ1) is 40.4. The summed E-state index contributed by atoms with van der Waals surface area (Å²) in [5.41, 5.74) is -1.49. The zero-order valence-corrected chi connectivity index (χ0v) is 48.8. The molecule has 0 unspecified atom stereocenters. The number of carbonyl (C=O) groups is 12. The molecule has 30 nitrogen and oxygen atoms in total. The second-order valence-electron chi connectivity index (χ2n) is 19.3. The standard InChI is InChI=1S/C56H66O30/c1-26-46(78-32(7)62)48(80-34(9)64)51(81-35(10)65)54(73-26)84-49-47(79-33(8)63)44(23-70-45(68)18-15-38-13-16-40(74-28(3)58)42(21-38)76-30(5)60)83-53(69-20-19-39-14-17-41(75-29(4)59)43(22-39)77-31(6)61)50(49)85-55-52(82-36(11)66)56(25-72-55,86-37(12)67)24-71-27(2)57/h13-18,21-22,26,44,46-55H,19-20,23-25H2,1-12H3/b18-15+/t26-,44+,46-,47+,48+,49-,50+,51+,52+,53+,54-,55-,56+/m0/s1. The first-order valence-electron chi connectivity index (χ1n) is 26.3. The van der Waals surface area contributed by atoms with Gasteiger partial charge in [-0.2, -0.15) is 0 Å². The van der Waals surface area contributed by atoms with Crippen molar-refractivity contribution in [3.8, 4) is 23.0 Å². The predicted octanol–water partition coefficient (Wildman–Crippen LogP) is 2.32. The highest BCUT2D eigenvalue weighted by atomic mass is 16.8. The Morgan fingerprint density at radius 1 is 0.500 bits per heavy atom. The normalized spacial score (nSPS) is 25.9. The smallest absolute Gasteiger partial charge is 0.330 e. The lowest BCUT2D eigenvalue weighted by Crippen LogP contribution is -2.67. The van der Waals surface area contributed by atoms with Gasteiger partial charge in [0.2, 0.25) is 5.60 Å². The lowest BCUT2D eigenvalue weighted by molar-refractivity contribution is -0.375. The third kappa shape index (κ3) is 20.1. The second kappa shape index (κ2) is 31.1. The molecule has 0 N–H and O–H groups in total. The molecule has 2 aromatic rings.